The number of carboxylic acid groups (broad SMARTS) is 1. The van der Waals surface area contributed by atoms with E-state index in [1.807, 2.05) is 60.7 Å². The molecule has 1 aromatic heterocycles. The topological polar surface area (TPSA) is 131 Å². The van der Waals surface area contributed by atoms with E-state index in [-0.39, 0.29) is 12.2 Å². The summed E-state index contributed by atoms with van der Waals surface area (Å²) in [5.41, 5.74) is 2.78. The number of ether oxygens (including phenoxy) is 1. The van der Waals surface area contributed by atoms with E-state index in [2.05, 4.69) is 20.6 Å². The molecular formula is C30H28N4O5. The van der Waals surface area contributed by atoms with Gasteiger partial charge in [0.25, 0.3) is 5.91 Å². The van der Waals surface area contributed by atoms with Crippen LogP contribution in [0, 0.1) is 0 Å². The number of amides is 2. The number of aliphatic carboxylic acids is 1. The second kappa shape index (κ2) is 13.0. The van der Waals surface area contributed by atoms with E-state index in [0.29, 0.717) is 23.4 Å². The zero-order valence-electron chi connectivity index (χ0n) is 21.3. The van der Waals surface area contributed by atoms with Crippen LogP contribution in [0.4, 0.5) is 10.6 Å². The van der Waals surface area contributed by atoms with Gasteiger partial charge in [0.15, 0.2) is 5.82 Å². The summed E-state index contributed by atoms with van der Waals surface area (Å²) in [6, 6.07) is 25.8. The van der Waals surface area contributed by atoms with Crippen molar-refractivity contribution in [2.75, 3.05) is 5.32 Å². The number of benzene rings is 3. The average molecular weight is 525 g/mol. The van der Waals surface area contributed by atoms with E-state index in [0.717, 1.165) is 11.1 Å². The van der Waals surface area contributed by atoms with Crippen molar-refractivity contribution in [1.29, 1.82) is 0 Å². The lowest BCUT2D eigenvalue weighted by molar-refractivity contribution is -0.139. The van der Waals surface area contributed by atoms with E-state index in [9.17, 15) is 19.5 Å². The molecule has 0 aliphatic rings. The van der Waals surface area contributed by atoms with Crippen LogP contribution >= 0.6 is 0 Å². The first-order valence-corrected chi connectivity index (χ1v) is 12.4. The Morgan fingerprint density at radius 2 is 1.56 bits per heavy atom. The Kier molecular flexibility index (Phi) is 8.97. The standard InChI is InChI=1S/C30H28N4O5/c1-20(22-10-6-3-7-11-22)39-30(38)34-26-18-19-31-27(33-26)23-13-15-24(16-14-23)28(35)32-25(29(36)37)17-12-21-8-4-2-5-9-21/h2-11,13-16,18-20,25H,12,17H2,1H3,(H,32,35)(H,36,37)(H,31,33,34,38). The number of carbonyl (C=O) groups excluding carboxylic acids is 2. The lowest BCUT2D eigenvalue weighted by Gasteiger charge is -2.15. The van der Waals surface area contributed by atoms with Gasteiger partial charge in [-0.15, -0.1) is 0 Å². The van der Waals surface area contributed by atoms with Gasteiger partial charge in [-0.3, -0.25) is 10.1 Å². The molecule has 0 bridgehead atoms. The van der Waals surface area contributed by atoms with Gasteiger partial charge in [0.1, 0.15) is 18.0 Å². The quantitative estimate of drug-likeness (QED) is 0.258. The molecule has 9 heteroatoms. The molecule has 0 spiro atoms. The van der Waals surface area contributed by atoms with Crippen molar-refractivity contribution >= 4 is 23.8 Å². The van der Waals surface area contributed by atoms with Gasteiger partial charge in [-0.25, -0.2) is 19.6 Å². The summed E-state index contributed by atoms with van der Waals surface area (Å²) in [7, 11) is 0. The molecule has 1 heterocycles. The van der Waals surface area contributed by atoms with E-state index >= 15 is 0 Å². The van der Waals surface area contributed by atoms with E-state index in [1.165, 1.54) is 6.20 Å². The van der Waals surface area contributed by atoms with Crippen LogP contribution in [0.15, 0.2) is 97.2 Å². The zero-order chi connectivity index (χ0) is 27.6. The number of anilines is 1. The Morgan fingerprint density at radius 1 is 0.897 bits per heavy atom. The Morgan fingerprint density at radius 3 is 2.23 bits per heavy atom. The highest BCUT2D eigenvalue weighted by Crippen LogP contribution is 2.19. The van der Waals surface area contributed by atoms with Gasteiger partial charge in [-0.1, -0.05) is 72.8 Å². The minimum atomic E-state index is -1.09. The number of carbonyl (C=O) groups is 3. The maximum atomic E-state index is 12.7. The molecule has 2 atom stereocenters. The van der Waals surface area contributed by atoms with Crippen LogP contribution in [-0.2, 0) is 16.0 Å². The number of aromatic nitrogens is 2. The van der Waals surface area contributed by atoms with Gasteiger partial charge in [-0.2, -0.15) is 0 Å². The molecule has 0 saturated carbocycles. The van der Waals surface area contributed by atoms with Gasteiger partial charge < -0.3 is 15.2 Å². The third-order valence-corrected chi connectivity index (χ3v) is 6.01. The Labute approximate surface area is 225 Å². The average Bonchev–Trinajstić information content (AvgIpc) is 2.96. The third-order valence-electron chi connectivity index (χ3n) is 6.01. The molecule has 0 saturated heterocycles. The van der Waals surface area contributed by atoms with E-state index in [1.54, 1.807) is 37.3 Å². The highest BCUT2D eigenvalue weighted by molar-refractivity contribution is 5.97. The SMILES string of the molecule is CC(OC(=O)Nc1ccnc(-c2ccc(C(=O)NC(CCc3ccccc3)C(=O)O)cc2)n1)c1ccccc1. The summed E-state index contributed by atoms with van der Waals surface area (Å²) < 4.78 is 5.42. The number of aryl methyl sites for hydroxylation is 1. The largest absolute Gasteiger partial charge is 0.480 e. The fraction of sp³-hybridized carbons (Fsp3) is 0.167. The van der Waals surface area contributed by atoms with E-state index in [4.69, 9.17) is 4.74 Å². The van der Waals surface area contributed by atoms with Crippen LogP contribution in [0.3, 0.4) is 0 Å². The van der Waals surface area contributed by atoms with Crippen molar-refractivity contribution < 1.29 is 24.2 Å². The third kappa shape index (κ3) is 7.72. The molecule has 0 fully saturated rings. The normalized spacial score (nSPS) is 12.1. The number of hydrogen-bond acceptors (Lipinski definition) is 6. The van der Waals surface area contributed by atoms with Crippen LogP contribution in [0.5, 0.6) is 0 Å². The van der Waals surface area contributed by atoms with Gasteiger partial charge >= 0.3 is 12.1 Å². The number of nitrogens with one attached hydrogen (secondary N) is 2. The maximum Gasteiger partial charge on any atom is 0.413 e. The minimum Gasteiger partial charge on any atom is -0.480 e. The molecular weight excluding hydrogens is 496 g/mol. The first kappa shape index (κ1) is 27.0. The molecule has 0 aliphatic heterocycles. The molecule has 4 rings (SSSR count). The zero-order valence-corrected chi connectivity index (χ0v) is 21.3. The highest BCUT2D eigenvalue weighted by atomic mass is 16.6. The van der Waals surface area contributed by atoms with Crippen molar-refractivity contribution in [3.8, 4) is 11.4 Å². The number of hydrogen-bond donors (Lipinski definition) is 3. The first-order chi connectivity index (χ1) is 18.9. The van der Waals surface area contributed by atoms with Crippen molar-refractivity contribution in [2.45, 2.75) is 31.9 Å². The summed E-state index contributed by atoms with van der Waals surface area (Å²) in [4.78, 5) is 45.4. The summed E-state index contributed by atoms with van der Waals surface area (Å²) in [6.07, 6.45) is 1.21. The van der Waals surface area contributed by atoms with Crippen molar-refractivity contribution in [3.63, 3.8) is 0 Å². The first-order valence-electron chi connectivity index (χ1n) is 12.4. The number of carboxylic acids is 1. The van der Waals surface area contributed by atoms with Gasteiger partial charge in [0.05, 0.1) is 0 Å². The van der Waals surface area contributed by atoms with E-state index < -0.39 is 30.1 Å². The molecule has 4 aromatic rings. The molecule has 9 nitrogen and oxygen atoms in total. The van der Waals surface area contributed by atoms with Gasteiger partial charge in [0, 0.05) is 17.3 Å². The predicted octanol–water partition coefficient (Wildman–Crippen LogP) is 5.27. The molecule has 3 aromatic carbocycles. The van der Waals surface area contributed by atoms with Crippen LogP contribution in [-0.4, -0.2) is 39.1 Å². The smallest absolute Gasteiger partial charge is 0.413 e. The maximum absolute atomic E-state index is 12.7. The fourth-order valence-corrected chi connectivity index (χ4v) is 3.88. The molecule has 0 aliphatic carbocycles. The van der Waals surface area contributed by atoms with Crippen LogP contribution < -0.4 is 10.6 Å². The number of rotatable bonds is 10. The van der Waals surface area contributed by atoms with Crippen molar-refractivity contribution in [3.05, 3.63) is 114 Å². The molecule has 0 radical (unpaired) electrons. The van der Waals surface area contributed by atoms with Crippen molar-refractivity contribution in [1.82, 2.24) is 15.3 Å². The minimum absolute atomic E-state index is 0.259. The highest BCUT2D eigenvalue weighted by Gasteiger charge is 2.21. The van der Waals surface area contributed by atoms with Gasteiger partial charge in [-0.05, 0) is 49.1 Å². The molecule has 3 N–H and O–H groups in total. The van der Waals surface area contributed by atoms with Crippen LogP contribution in [0.2, 0.25) is 0 Å². The number of nitrogens with zero attached hydrogens (tertiary/aromatic N) is 2. The second-order valence-corrected chi connectivity index (χ2v) is 8.81. The summed E-state index contributed by atoms with van der Waals surface area (Å²) in [6.45, 7) is 1.78. The monoisotopic (exact) mass is 524 g/mol. The molecule has 2 amide bonds. The van der Waals surface area contributed by atoms with Crippen molar-refractivity contribution in [2.24, 2.45) is 0 Å². The Hall–Kier alpha value is -5.05. The molecule has 198 valence electrons. The summed E-state index contributed by atoms with van der Waals surface area (Å²) in [5.74, 6) is -0.990. The second-order valence-electron chi connectivity index (χ2n) is 8.81. The fourth-order valence-electron chi connectivity index (χ4n) is 3.88. The predicted molar refractivity (Wildman–Crippen MR) is 146 cm³/mol. The molecule has 39 heavy (non-hydrogen) atoms. The lowest BCUT2D eigenvalue weighted by atomic mass is 10.0. The lowest BCUT2D eigenvalue weighted by Crippen LogP contribution is -2.41. The van der Waals surface area contributed by atoms with Gasteiger partial charge in [0.2, 0.25) is 0 Å². The molecule has 2 unspecified atom stereocenters. The summed E-state index contributed by atoms with van der Waals surface area (Å²) in [5, 5.41) is 14.8. The van der Waals surface area contributed by atoms with Crippen LogP contribution in [0.25, 0.3) is 11.4 Å². The summed E-state index contributed by atoms with van der Waals surface area (Å²) >= 11 is 0. The Balaban J connectivity index is 1.36. The Bertz CT molecular complexity index is 1410. The van der Waals surface area contributed by atoms with Crippen LogP contribution in [0.1, 0.15) is 40.9 Å².